The molecule has 0 aromatic carbocycles. The lowest BCUT2D eigenvalue weighted by atomic mass is 10.4. The normalized spacial score (nSPS) is 10.1. The van der Waals surface area contributed by atoms with Gasteiger partial charge in [0.25, 0.3) is 0 Å². The van der Waals surface area contributed by atoms with Gasteiger partial charge in [0.05, 0.1) is 10.6 Å². The Morgan fingerprint density at radius 2 is 2.29 bits per heavy atom. The summed E-state index contributed by atoms with van der Waals surface area (Å²) in [5, 5.41) is 3.42. The molecule has 6 heteroatoms. The molecular formula is C8H9N5S. The molecule has 0 fully saturated rings. The second-order valence-electron chi connectivity index (χ2n) is 2.58. The molecule has 72 valence electrons. The van der Waals surface area contributed by atoms with Crippen molar-refractivity contribution in [2.75, 3.05) is 18.1 Å². The van der Waals surface area contributed by atoms with Crippen molar-refractivity contribution in [3.8, 4) is 10.6 Å². The standard InChI is InChI=1S/C8H9N5S/c1-10-8-11-3-2-5(13-8)6-4-12-7(9)14-6/h2-4H,1H3,(H2,9,12)(H,10,11,13). The van der Waals surface area contributed by atoms with Crippen molar-refractivity contribution in [1.82, 2.24) is 15.0 Å². The second-order valence-corrected chi connectivity index (χ2v) is 3.64. The van der Waals surface area contributed by atoms with Gasteiger partial charge in [0.1, 0.15) is 0 Å². The van der Waals surface area contributed by atoms with Gasteiger partial charge in [-0.2, -0.15) is 0 Å². The summed E-state index contributed by atoms with van der Waals surface area (Å²) < 4.78 is 0. The van der Waals surface area contributed by atoms with E-state index >= 15 is 0 Å². The molecule has 3 N–H and O–H groups in total. The van der Waals surface area contributed by atoms with Gasteiger partial charge in [-0.05, 0) is 6.07 Å². The number of thiazole rings is 1. The van der Waals surface area contributed by atoms with Gasteiger partial charge in [0.2, 0.25) is 5.95 Å². The molecule has 2 aromatic rings. The highest BCUT2D eigenvalue weighted by Gasteiger charge is 2.04. The molecular weight excluding hydrogens is 198 g/mol. The lowest BCUT2D eigenvalue weighted by Gasteiger charge is -1.99. The van der Waals surface area contributed by atoms with Crippen LogP contribution in [0.4, 0.5) is 11.1 Å². The van der Waals surface area contributed by atoms with Gasteiger partial charge in [-0.25, -0.2) is 15.0 Å². The van der Waals surface area contributed by atoms with E-state index in [9.17, 15) is 0 Å². The van der Waals surface area contributed by atoms with Crippen LogP contribution >= 0.6 is 11.3 Å². The number of hydrogen-bond acceptors (Lipinski definition) is 6. The summed E-state index contributed by atoms with van der Waals surface area (Å²) in [4.78, 5) is 13.2. The molecule has 0 radical (unpaired) electrons. The number of anilines is 2. The van der Waals surface area contributed by atoms with E-state index in [1.807, 2.05) is 6.07 Å². The van der Waals surface area contributed by atoms with Crippen molar-refractivity contribution in [2.45, 2.75) is 0 Å². The number of nitrogens with one attached hydrogen (secondary N) is 1. The summed E-state index contributed by atoms with van der Waals surface area (Å²) in [5.41, 5.74) is 6.37. The molecule has 5 nitrogen and oxygen atoms in total. The lowest BCUT2D eigenvalue weighted by Crippen LogP contribution is -1.95. The highest BCUT2D eigenvalue weighted by Crippen LogP contribution is 2.25. The third-order valence-electron chi connectivity index (χ3n) is 1.66. The molecule has 0 aliphatic heterocycles. The van der Waals surface area contributed by atoms with E-state index in [4.69, 9.17) is 5.73 Å². The minimum absolute atomic E-state index is 0.546. The number of hydrogen-bond donors (Lipinski definition) is 2. The molecule has 0 unspecified atom stereocenters. The maximum absolute atomic E-state index is 5.53. The third kappa shape index (κ3) is 1.64. The Labute approximate surface area is 85.0 Å². The number of nitrogen functional groups attached to an aromatic ring is 1. The molecule has 0 saturated carbocycles. The van der Waals surface area contributed by atoms with Crippen LogP contribution in [0.1, 0.15) is 0 Å². The predicted molar refractivity (Wildman–Crippen MR) is 57.1 cm³/mol. The molecule has 2 rings (SSSR count). The van der Waals surface area contributed by atoms with Crippen molar-refractivity contribution >= 4 is 22.4 Å². The first-order chi connectivity index (χ1) is 6.79. The molecule has 2 heterocycles. The van der Waals surface area contributed by atoms with Crippen LogP contribution in [-0.4, -0.2) is 22.0 Å². The van der Waals surface area contributed by atoms with Crippen LogP contribution in [0.5, 0.6) is 0 Å². The number of rotatable bonds is 2. The Kier molecular flexibility index (Phi) is 2.28. The first-order valence-corrected chi connectivity index (χ1v) is 4.83. The molecule has 0 aliphatic carbocycles. The zero-order valence-corrected chi connectivity index (χ0v) is 8.38. The smallest absolute Gasteiger partial charge is 0.222 e. The molecule has 0 spiro atoms. The molecule has 2 aromatic heterocycles. The average molecular weight is 207 g/mol. The Bertz CT molecular complexity index is 439. The van der Waals surface area contributed by atoms with Crippen LogP contribution in [0.25, 0.3) is 10.6 Å². The van der Waals surface area contributed by atoms with Crippen molar-refractivity contribution in [3.05, 3.63) is 18.5 Å². The Hall–Kier alpha value is -1.69. The Morgan fingerprint density at radius 1 is 1.43 bits per heavy atom. The Morgan fingerprint density at radius 3 is 2.93 bits per heavy atom. The maximum Gasteiger partial charge on any atom is 0.222 e. The van der Waals surface area contributed by atoms with Crippen LogP contribution in [0.3, 0.4) is 0 Å². The van der Waals surface area contributed by atoms with Crippen molar-refractivity contribution in [1.29, 1.82) is 0 Å². The fourth-order valence-electron chi connectivity index (χ4n) is 1.02. The van der Waals surface area contributed by atoms with Gasteiger partial charge in [-0.15, -0.1) is 0 Å². The van der Waals surface area contributed by atoms with E-state index < -0.39 is 0 Å². The van der Waals surface area contributed by atoms with E-state index in [0.29, 0.717) is 11.1 Å². The summed E-state index contributed by atoms with van der Waals surface area (Å²) in [6, 6.07) is 1.83. The van der Waals surface area contributed by atoms with E-state index in [2.05, 4.69) is 20.3 Å². The fraction of sp³-hybridized carbons (Fsp3) is 0.125. The highest BCUT2D eigenvalue weighted by molar-refractivity contribution is 7.18. The summed E-state index contributed by atoms with van der Waals surface area (Å²) in [6.07, 6.45) is 3.41. The average Bonchev–Trinajstić information content (AvgIpc) is 2.65. The van der Waals surface area contributed by atoms with E-state index in [1.165, 1.54) is 11.3 Å². The molecule has 0 amide bonds. The van der Waals surface area contributed by atoms with Gasteiger partial charge >= 0.3 is 0 Å². The quantitative estimate of drug-likeness (QED) is 0.774. The third-order valence-corrected chi connectivity index (χ3v) is 2.50. The van der Waals surface area contributed by atoms with E-state index in [1.54, 1.807) is 19.4 Å². The highest BCUT2D eigenvalue weighted by atomic mass is 32.1. The van der Waals surface area contributed by atoms with Crippen LogP contribution in [-0.2, 0) is 0 Å². The lowest BCUT2D eigenvalue weighted by molar-refractivity contribution is 1.16. The molecule has 0 atom stereocenters. The van der Waals surface area contributed by atoms with Crippen LogP contribution in [0.15, 0.2) is 18.5 Å². The van der Waals surface area contributed by atoms with Crippen molar-refractivity contribution in [3.63, 3.8) is 0 Å². The minimum atomic E-state index is 0.546. The van der Waals surface area contributed by atoms with Crippen molar-refractivity contribution in [2.24, 2.45) is 0 Å². The Balaban J connectivity index is 2.41. The summed E-state index contributed by atoms with van der Waals surface area (Å²) >= 11 is 1.41. The van der Waals surface area contributed by atoms with Crippen LogP contribution in [0, 0.1) is 0 Å². The molecule has 14 heavy (non-hydrogen) atoms. The minimum Gasteiger partial charge on any atom is -0.375 e. The predicted octanol–water partition coefficient (Wildman–Crippen LogP) is 1.22. The first kappa shape index (κ1) is 8.89. The zero-order chi connectivity index (χ0) is 9.97. The molecule has 0 bridgehead atoms. The monoisotopic (exact) mass is 207 g/mol. The van der Waals surface area contributed by atoms with Gasteiger partial charge < -0.3 is 11.1 Å². The second kappa shape index (κ2) is 3.59. The fourth-order valence-corrected chi connectivity index (χ4v) is 1.68. The van der Waals surface area contributed by atoms with E-state index in [-0.39, 0.29) is 0 Å². The number of nitrogens with two attached hydrogens (primary N) is 1. The van der Waals surface area contributed by atoms with Gasteiger partial charge in [-0.3, -0.25) is 0 Å². The number of aromatic nitrogens is 3. The summed E-state index contributed by atoms with van der Waals surface area (Å²) in [7, 11) is 1.78. The summed E-state index contributed by atoms with van der Waals surface area (Å²) in [6.45, 7) is 0. The topological polar surface area (TPSA) is 76.7 Å². The van der Waals surface area contributed by atoms with Crippen LogP contribution < -0.4 is 11.1 Å². The van der Waals surface area contributed by atoms with E-state index in [0.717, 1.165) is 10.6 Å². The van der Waals surface area contributed by atoms with Gasteiger partial charge in [0.15, 0.2) is 5.13 Å². The largest absolute Gasteiger partial charge is 0.375 e. The maximum atomic E-state index is 5.53. The molecule has 0 saturated heterocycles. The molecule has 0 aliphatic rings. The van der Waals surface area contributed by atoms with Crippen LogP contribution in [0.2, 0.25) is 0 Å². The van der Waals surface area contributed by atoms with Crippen molar-refractivity contribution < 1.29 is 0 Å². The zero-order valence-electron chi connectivity index (χ0n) is 7.56. The first-order valence-electron chi connectivity index (χ1n) is 4.02. The number of nitrogens with zero attached hydrogens (tertiary/aromatic N) is 3. The van der Waals surface area contributed by atoms with Gasteiger partial charge in [-0.1, -0.05) is 11.3 Å². The summed E-state index contributed by atoms with van der Waals surface area (Å²) in [5.74, 6) is 0.592. The van der Waals surface area contributed by atoms with Gasteiger partial charge in [0, 0.05) is 19.4 Å². The SMILES string of the molecule is CNc1nccc(-c2cnc(N)s2)n1.